The SMILES string of the molecule is COC(=O)C1=CCCN(C(=O)c2cccn2C)C1. The van der Waals surface area contributed by atoms with Crippen LogP contribution in [0.15, 0.2) is 30.0 Å². The number of nitrogens with zero attached hydrogens (tertiary/aromatic N) is 2. The summed E-state index contributed by atoms with van der Waals surface area (Å²) in [6.45, 7) is 0.946. The molecular weight excluding hydrogens is 232 g/mol. The minimum Gasteiger partial charge on any atom is -0.466 e. The first kappa shape index (κ1) is 12.4. The summed E-state index contributed by atoms with van der Waals surface area (Å²) in [5, 5.41) is 0. The molecule has 0 saturated heterocycles. The molecule has 5 heteroatoms. The van der Waals surface area contributed by atoms with Crippen molar-refractivity contribution >= 4 is 11.9 Å². The number of carbonyl (C=O) groups excluding carboxylic acids is 2. The molecule has 1 aromatic heterocycles. The van der Waals surface area contributed by atoms with Gasteiger partial charge in [0.2, 0.25) is 0 Å². The lowest BCUT2D eigenvalue weighted by Gasteiger charge is -2.26. The molecule has 0 aliphatic carbocycles. The third kappa shape index (κ3) is 2.30. The van der Waals surface area contributed by atoms with Gasteiger partial charge in [0.05, 0.1) is 19.2 Å². The second-order valence-electron chi connectivity index (χ2n) is 4.24. The molecular formula is C13H16N2O3. The van der Waals surface area contributed by atoms with E-state index in [0.29, 0.717) is 30.8 Å². The van der Waals surface area contributed by atoms with Gasteiger partial charge in [0.15, 0.2) is 0 Å². The van der Waals surface area contributed by atoms with Gasteiger partial charge in [-0.2, -0.15) is 0 Å². The van der Waals surface area contributed by atoms with Crippen LogP contribution in [0.1, 0.15) is 16.9 Å². The van der Waals surface area contributed by atoms with E-state index in [2.05, 4.69) is 4.74 Å². The lowest BCUT2D eigenvalue weighted by atomic mass is 10.1. The number of ether oxygens (including phenoxy) is 1. The number of amides is 1. The summed E-state index contributed by atoms with van der Waals surface area (Å²) in [6.07, 6.45) is 4.34. The van der Waals surface area contributed by atoms with Crippen molar-refractivity contribution in [2.45, 2.75) is 6.42 Å². The molecule has 2 heterocycles. The van der Waals surface area contributed by atoms with Crippen molar-refractivity contribution in [3.05, 3.63) is 35.7 Å². The maximum absolute atomic E-state index is 12.3. The van der Waals surface area contributed by atoms with E-state index < -0.39 is 0 Å². The number of hydrogen-bond donors (Lipinski definition) is 0. The molecule has 0 spiro atoms. The summed E-state index contributed by atoms with van der Waals surface area (Å²) in [5.41, 5.74) is 1.17. The van der Waals surface area contributed by atoms with Gasteiger partial charge in [-0.05, 0) is 18.6 Å². The molecule has 0 radical (unpaired) electrons. The maximum atomic E-state index is 12.3. The summed E-state index contributed by atoms with van der Waals surface area (Å²) in [6, 6.07) is 3.60. The fraction of sp³-hybridized carbons (Fsp3) is 0.385. The van der Waals surface area contributed by atoms with Crippen LogP contribution >= 0.6 is 0 Å². The lowest BCUT2D eigenvalue weighted by molar-refractivity contribution is -0.136. The minimum absolute atomic E-state index is 0.0583. The number of carbonyl (C=O) groups is 2. The highest BCUT2D eigenvalue weighted by atomic mass is 16.5. The zero-order chi connectivity index (χ0) is 13.1. The Hall–Kier alpha value is -2.04. The van der Waals surface area contributed by atoms with Crippen molar-refractivity contribution in [3.8, 4) is 0 Å². The first-order valence-electron chi connectivity index (χ1n) is 5.81. The lowest BCUT2D eigenvalue weighted by Crippen LogP contribution is -2.38. The van der Waals surface area contributed by atoms with Crippen LogP contribution < -0.4 is 0 Å². The Morgan fingerprint density at radius 1 is 1.39 bits per heavy atom. The first-order valence-corrected chi connectivity index (χ1v) is 5.81. The molecule has 5 nitrogen and oxygen atoms in total. The molecule has 1 aliphatic heterocycles. The molecule has 0 fully saturated rings. The Morgan fingerprint density at radius 3 is 2.78 bits per heavy atom. The van der Waals surface area contributed by atoms with Gasteiger partial charge in [-0.3, -0.25) is 4.79 Å². The Labute approximate surface area is 106 Å². The molecule has 1 aromatic rings. The summed E-state index contributed by atoms with van der Waals surface area (Å²) in [5.74, 6) is -0.420. The Bertz CT molecular complexity index is 502. The van der Waals surface area contributed by atoms with Gasteiger partial charge in [0.1, 0.15) is 5.69 Å². The quantitative estimate of drug-likeness (QED) is 0.733. The topological polar surface area (TPSA) is 51.5 Å². The fourth-order valence-electron chi connectivity index (χ4n) is 2.04. The van der Waals surface area contributed by atoms with Gasteiger partial charge in [-0.25, -0.2) is 4.79 Å². The Kier molecular flexibility index (Phi) is 3.50. The number of esters is 1. The average Bonchev–Trinajstić information content (AvgIpc) is 2.83. The summed E-state index contributed by atoms with van der Waals surface area (Å²) in [7, 11) is 3.18. The molecule has 96 valence electrons. The van der Waals surface area contributed by atoms with Crippen molar-refractivity contribution in [1.82, 2.24) is 9.47 Å². The van der Waals surface area contributed by atoms with E-state index in [-0.39, 0.29) is 11.9 Å². The molecule has 2 rings (SSSR count). The molecule has 0 atom stereocenters. The minimum atomic E-state index is -0.362. The van der Waals surface area contributed by atoms with Crippen LogP contribution in [0, 0.1) is 0 Å². The third-order valence-electron chi connectivity index (χ3n) is 3.05. The van der Waals surface area contributed by atoms with Crippen LogP contribution in [-0.2, 0) is 16.6 Å². The molecule has 18 heavy (non-hydrogen) atoms. The van der Waals surface area contributed by atoms with Crippen LogP contribution in [-0.4, -0.2) is 41.5 Å². The van der Waals surface area contributed by atoms with Crippen LogP contribution in [0.3, 0.4) is 0 Å². The first-order chi connectivity index (χ1) is 8.63. The second kappa shape index (κ2) is 5.08. The highest BCUT2D eigenvalue weighted by Crippen LogP contribution is 2.14. The van der Waals surface area contributed by atoms with Gasteiger partial charge in [0, 0.05) is 19.8 Å². The molecule has 0 saturated carbocycles. The van der Waals surface area contributed by atoms with E-state index in [0.717, 1.165) is 0 Å². The number of methoxy groups -OCH3 is 1. The van der Waals surface area contributed by atoms with E-state index in [4.69, 9.17) is 0 Å². The number of hydrogen-bond acceptors (Lipinski definition) is 3. The van der Waals surface area contributed by atoms with E-state index in [1.165, 1.54) is 7.11 Å². The Morgan fingerprint density at radius 2 is 2.17 bits per heavy atom. The van der Waals surface area contributed by atoms with Crippen molar-refractivity contribution in [2.75, 3.05) is 20.2 Å². The maximum Gasteiger partial charge on any atom is 0.335 e. The third-order valence-corrected chi connectivity index (χ3v) is 3.05. The highest BCUT2D eigenvalue weighted by Gasteiger charge is 2.24. The largest absolute Gasteiger partial charge is 0.466 e. The number of aryl methyl sites for hydroxylation is 1. The smallest absolute Gasteiger partial charge is 0.335 e. The van der Waals surface area contributed by atoms with Crippen LogP contribution in [0.5, 0.6) is 0 Å². The van der Waals surface area contributed by atoms with Crippen LogP contribution in [0.25, 0.3) is 0 Å². The monoisotopic (exact) mass is 248 g/mol. The fourth-order valence-corrected chi connectivity index (χ4v) is 2.04. The predicted octanol–water partition coefficient (Wildman–Crippen LogP) is 0.970. The average molecular weight is 248 g/mol. The van der Waals surface area contributed by atoms with E-state index in [1.54, 1.807) is 15.5 Å². The zero-order valence-electron chi connectivity index (χ0n) is 10.5. The molecule has 1 amide bonds. The molecule has 1 aliphatic rings. The second-order valence-corrected chi connectivity index (χ2v) is 4.24. The Balaban J connectivity index is 2.12. The standard InChI is InChI=1S/C13H16N2O3/c1-14-7-4-6-11(14)12(16)15-8-3-5-10(9-15)13(17)18-2/h4-7H,3,8-9H2,1-2H3. The highest BCUT2D eigenvalue weighted by molar-refractivity contribution is 5.95. The molecule has 0 N–H and O–H groups in total. The normalized spacial score (nSPS) is 15.2. The van der Waals surface area contributed by atoms with Crippen LogP contribution in [0.2, 0.25) is 0 Å². The zero-order valence-corrected chi connectivity index (χ0v) is 10.5. The van der Waals surface area contributed by atoms with E-state index >= 15 is 0 Å². The van der Waals surface area contributed by atoms with E-state index in [1.807, 2.05) is 25.4 Å². The molecule has 0 bridgehead atoms. The van der Waals surface area contributed by atoms with E-state index in [9.17, 15) is 9.59 Å². The van der Waals surface area contributed by atoms with Crippen molar-refractivity contribution in [3.63, 3.8) is 0 Å². The summed E-state index contributed by atoms with van der Waals surface area (Å²) >= 11 is 0. The van der Waals surface area contributed by atoms with Crippen molar-refractivity contribution in [1.29, 1.82) is 0 Å². The van der Waals surface area contributed by atoms with Crippen molar-refractivity contribution < 1.29 is 14.3 Å². The summed E-state index contributed by atoms with van der Waals surface area (Å²) in [4.78, 5) is 25.4. The molecule has 0 unspecified atom stereocenters. The molecule has 0 aromatic carbocycles. The van der Waals surface area contributed by atoms with Gasteiger partial charge in [-0.1, -0.05) is 6.08 Å². The van der Waals surface area contributed by atoms with Crippen molar-refractivity contribution in [2.24, 2.45) is 7.05 Å². The number of aromatic nitrogens is 1. The summed E-state index contributed by atoms with van der Waals surface area (Å²) < 4.78 is 6.46. The predicted molar refractivity (Wildman–Crippen MR) is 66.0 cm³/mol. The van der Waals surface area contributed by atoms with Gasteiger partial charge in [0.25, 0.3) is 5.91 Å². The van der Waals surface area contributed by atoms with Gasteiger partial charge < -0.3 is 14.2 Å². The van der Waals surface area contributed by atoms with Gasteiger partial charge >= 0.3 is 5.97 Å². The van der Waals surface area contributed by atoms with Crippen LogP contribution in [0.4, 0.5) is 0 Å². The van der Waals surface area contributed by atoms with Gasteiger partial charge in [-0.15, -0.1) is 0 Å². The number of rotatable bonds is 2.